The number of hydrogen-bond acceptors (Lipinski definition) is 5. The maximum atomic E-state index is 11.0. The van der Waals surface area contributed by atoms with E-state index in [-0.39, 0.29) is 12.1 Å². The van der Waals surface area contributed by atoms with Crippen molar-refractivity contribution in [3.8, 4) is 11.3 Å². The van der Waals surface area contributed by atoms with Crippen molar-refractivity contribution in [3.63, 3.8) is 0 Å². The highest BCUT2D eigenvalue weighted by Gasteiger charge is 2.23. The van der Waals surface area contributed by atoms with E-state index >= 15 is 0 Å². The zero-order chi connectivity index (χ0) is 15.5. The number of benzene rings is 1. The van der Waals surface area contributed by atoms with Crippen LogP contribution >= 0.6 is 0 Å². The molecule has 0 fully saturated rings. The first-order chi connectivity index (χ1) is 9.78. The molecule has 2 aromatic rings. The molecular weight excluding hydrogens is 290 g/mol. The van der Waals surface area contributed by atoms with Gasteiger partial charge in [-0.2, -0.15) is 8.42 Å². The SMILES string of the molecule is CC(C)(CCOS(C)(=O)=O)n1cc(-c2ccccc2)nn1. The Morgan fingerprint density at radius 2 is 1.90 bits per heavy atom. The van der Waals surface area contributed by atoms with Crippen LogP contribution < -0.4 is 0 Å². The van der Waals surface area contributed by atoms with Gasteiger partial charge < -0.3 is 0 Å². The predicted octanol–water partition coefficient (Wildman–Crippen LogP) is 2.05. The molecule has 2 rings (SSSR count). The second-order valence-corrected chi connectivity index (χ2v) is 7.15. The standard InChI is InChI=1S/C14H19N3O3S/c1-14(2,9-10-20-21(3,18)19)17-11-13(15-16-17)12-7-5-4-6-8-12/h4-8,11H,9-10H2,1-3H3. The predicted molar refractivity (Wildman–Crippen MR) is 80.2 cm³/mol. The topological polar surface area (TPSA) is 74.1 Å². The van der Waals surface area contributed by atoms with Gasteiger partial charge in [0.15, 0.2) is 0 Å². The van der Waals surface area contributed by atoms with Crippen LogP contribution in [0.25, 0.3) is 11.3 Å². The van der Waals surface area contributed by atoms with Crippen LogP contribution in [0.15, 0.2) is 36.5 Å². The van der Waals surface area contributed by atoms with Crippen LogP contribution in [0.2, 0.25) is 0 Å². The summed E-state index contributed by atoms with van der Waals surface area (Å²) in [6, 6.07) is 9.77. The molecule has 0 spiro atoms. The van der Waals surface area contributed by atoms with E-state index in [1.807, 2.05) is 50.4 Å². The molecule has 1 aromatic carbocycles. The molecule has 0 unspecified atom stereocenters. The van der Waals surface area contributed by atoms with E-state index in [0.717, 1.165) is 17.5 Å². The molecule has 0 amide bonds. The summed E-state index contributed by atoms with van der Waals surface area (Å²) >= 11 is 0. The van der Waals surface area contributed by atoms with E-state index in [1.54, 1.807) is 4.68 Å². The second kappa shape index (κ2) is 5.95. The fourth-order valence-corrected chi connectivity index (χ4v) is 2.24. The molecule has 0 aliphatic heterocycles. The van der Waals surface area contributed by atoms with Gasteiger partial charge >= 0.3 is 0 Å². The molecule has 0 saturated carbocycles. The Hall–Kier alpha value is -1.73. The molecule has 7 heteroatoms. The third-order valence-electron chi connectivity index (χ3n) is 3.19. The first-order valence-electron chi connectivity index (χ1n) is 6.61. The van der Waals surface area contributed by atoms with Gasteiger partial charge in [0.2, 0.25) is 0 Å². The minimum Gasteiger partial charge on any atom is -0.270 e. The molecule has 0 radical (unpaired) electrons. The molecule has 0 atom stereocenters. The van der Waals surface area contributed by atoms with Crippen LogP contribution in [-0.2, 0) is 19.8 Å². The molecule has 21 heavy (non-hydrogen) atoms. The normalized spacial score (nSPS) is 12.5. The van der Waals surface area contributed by atoms with Crippen LogP contribution in [0.1, 0.15) is 20.3 Å². The Morgan fingerprint density at radius 3 is 2.52 bits per heavy atom. The van der Waals surface area contributed by atoms with Gasteiger partial charge in [-0.15, -0.1) is 5.10 Å². The van der Waals surface area contributed by atoms with Crippen LogP contribution in [-0.4, -0.2) is 36.3 Å². The van der Waals surface area contributed by atoms with Crippen molar-refractivity contribution < 1.29 is 12.6 Å². The molecular formula is C14H19N3O3S. The van der Waals surface area contributed by atoms with Crippen molar-refractivity contribution in [2.24, 2.45) is 0 Å². The quantitative estimate of drug-likeness (QED) is 0.763. The Morgan fingerprint density at radius 1 is 1.24 bits per heavy atom. The summed E-state index contributed by atoms with van der Waals surface area (Å²) in [6.07, 6.45) is 3.41. The Kier molecular flexibility index (Phi) is 4.43. The number of hydrogen-bond donors (Lipinski definition) is 0. The van der Waals surface area contributed by atoms with Crippen LogP contribution in [0, 0.1) is 0 Å². The monoisotopic (exact) mass is 309 g/mol. The van der Waals surface area contributed by atoms with E-state index in [2.05, 4.69) is 10.3 Å². The van der Waals surface area contributed by atoms with Crippen LogP contribution in [0.3, 0.4) is 0 Å². The third-order valence-corrected chi connectivity index (χ3v) is 3.79. The summed E-state index contributed by atoms with van der Waals surface area (Å²) in [7, 11) is -3.41. The van der Waals surface area contributed by atoms with Crippen molar-refractivity contribution in [1.29, 1.82) is 0 Å². The minimum absolute atomic E-state index is 0.117. The summed E-state index contributed by atoms with van der Waals surface area (Å²) in [6.45, 7) is 4.04. The van der Waals surface area contributed by atoms with E-state index in [9.17, 15) is 8.42 Å². The fourth-order valence-electron chi connectivity index (χ4n) is 1.86. The van der Waals surface area contributed by atoms with Crippen LogP contribution in [0.5, 0.6) is 0 Å². The van der Waals surface area contributed by atoms with Gasteiger partial charge in [-0.25, -0.2) is 4.68 Å². The molecule has 0 bridgehead atoms. The van der Waals surface area contributed by atoms with Gasteiger partial charge in [-0.3, -0.25) is 4.18 Å². The Balaban J connectivity index is 2.09. The van der Waals surface area contributed by atoms with E-state index < -0.39 is 10.1 Å². The van der Waals surface area contributed by atoms with Gasteiger partial charge in [0.25, 0.3) is 10.1 Å². The molecule has 0 N–H and O–H groups in total. The summed E-state index contributed by atoms with van der Waals surface area (Å²) in [5.41, 5.74) is 1.39. The average molecular weight is 309 g/mol. The van der Waals surface area contributed by atoms with Crippen molar-refractivity contribution in [1.82, 2.24) is 15.0 Å². The lowest BCUT2D eigenvalue weighted by Gasteiger charge is -2.24. The molecule has 0 aliphatic rings. The molecule has 0 aliphatic carbocycles. The lowest BCUT2D eigenvalue weighted by Crippen LogP contribution is -2.29. The highest BCUT2D eigenvalue weighted by Crippen LogP contribution is 2.22. The van der Waals surface area contributed by atoms with Crippen molar-refractivity contribution in [2.45, 2.75) is 25.8 Å². The lowest BCUT2D eigenvalue weighted by molar-refractivity contribution is 0.218. The lowest BCUT2D eigenvalue weighted by atomic mass is 10.0. The summed E-state index contributed by atoms with van der Waals surface area (Å²) in [5.74, 6) is 0. The van der Waals surface area contributed by atoms with Gasteiger partial charge in [-0.05, 0) is 20.3 Å². The number of rotatable bonds is 6. The average Bonchev–Trinajstić information content (AvgIpc) is 2.88. The number of aromatic nitrogens is 3. The summed E-state index contributed by atoms with van der Waals surface area (Å²) < 4.78 is 28.5. The molecule has 1 heterocycles. The second-order valence-electron chi connectivity index (χ2n) is 5.50. The van der Waals surface area contributed by atoms with Crippen molar-refractivity contribution in [2.75, 3.05) is 12.9 Å². The number of nitrogens with zero attached hydrogens (tertiary/aromatic N) is 3. The van der Waals surface area contributed by atoms with E-state index in [1.165, 1.54) is 0 Å². The van der Waals surface area contributed by atoms with Crippen molar-refractivity contribution >= 4 is 10.1 Å². The van der Waals surface area contributed by atoms with Gasteiger partial charge in [0, 0.05) is 5.56 Å². The van der Waals surface area contributed by atoms with Gasteiger partial charge in [0.05, 0.1) is 24.6 Å². The first kappa shape index (κ1) is 15.7. The van der Waals surface area contributed by atoms with Crippen molar-refractivity contribution in [3.05, 3.63) is 36.5 Å². The zero-order valence-electron chi connectivity index (χ0n) is 12.4. The Bertz CT molecular complexity index is 693. The highest BCUT2D eigenvalue weighted by molar-refractivity contribution is 7.85. The molecule has 1 aromatic heterocycles. The molecule has 6 nitrogen and oxygen atoms in total. The summed E-state index contributed by atoms with van der Waals surface area (Å²) in [5, 5.41) is 8.30. The molecule has 0 saturated heterocycles. The van der Waals surface area contributed by atoms with Gasteiger partial charge in [-0.1, -0.05) is 35.5 Å². The summed E-state index contributed by atoms with van der Waals surface area (Å²) in [4.78, 5) is 0. The van der Waals surface area contributed by atoms with E-state index in [4.69, 9.17) is 4.18 Å². The zero-order valence-corrected chi connectivity index (χ0v) is 13.2. The van der Waals surface area contributed by atoms with Crippen LogP contribution in [0.4, 0.5) is 0 Å². The minimum atomic E-state index is -3.41. The third kappa shape index (κ3) is 4.37. The first-order valence-corrected chi connectivity index (χ1v) is 8.42. The Labute approximate surface area is 124 Å². The smallest absolute Gasteiger partial charge is 0.264 e. The fraction of sp³-hybridized carbons (Fsp3) is 0.429. The van der Waals surface area contributed by atoms with Gasteiger partial charge in [0.1, 0.15) is 5.69 Å². The maximum absolute atomic E-state index is 11.0. The van der Waals surface area contributed by atoms with E-state index in [0.29, 0.717) is 6.42 Å². The maximum Gasteiger partial charge on any atom is 0.264 e. The largest absolute Gasteiger partial charge is 0.270 e. The molecule has 114 valence electrons. The highest BCUT2D eigenvalue weighted by atomic mass is 32.2.